The predicted molar refractivity (Wildman–Crippen MR) is 283 cm³/mol. The molecule has 0 spiro atoms. The monoisotopic (exact) mass is 1170 g/mol. The average molecular weight is 1170 g/mol. The minimum absolute atomic E-state index is 0.0493. The molecule has 4 saturated heterocycles. The highest BCUT2D eigenvalue weighted by atomic mass is 16.8. The Morgan fingerprint density at radius 2 is 1.18 bits per heavy atom. The quantitative estimate of drug-likeness (QED) is 0.0590. The van der Waals surface area contributed by atoms with Gasteiger partial charge in [0.25, 0.3) is 5.91 Å². The van der Waals surface area contributed by atoms with Crippen LogP contribution in [0.5, 0.6) is 0 Å². The third-order valence-corrected chi connectivity index (χ3v) is 20.4. The van der Waals surface area contributed by atoms with Crippen molar-refractivity contribution in [1.29, 1.82) is 0 Å². The van der Waals surface area contributed by atoms with Gasteiger partial charge < -0.3 is 105 Å². The number of carbonyl (C=O) groups excluding carboxylic acids is 4. The van der Waals surface area contributed by atoms with E-state index >= 15 is 0 Å². The van der Waals surface area contributed by atoms with E-state index in [1.54, 1.807) is 0 Å². The number of aliphatic carboxylic acids is 1. The van der Waals surface area contributed by atoms with E-state index in [0.717, 1.165) is 44.1 Å². The molecular formula is C56H92N4O22. The van der Waals surface area contributed by atoms with E-state index in [0.29, 0.717) is 23.7 Å². The summed E-state index contributed by atoms with van der Waals surface area (Å²) in [5.41, 5.74) is 0.755. The van der Waals surface area contributed by atoms with Crippen molar-refractivity contribution < 1.29 is 108 Å². The number of fused-ring (bicyclic) bond motifs is 5. The van der Waals surface area contributed by atoms with Gasteiger partial charge in [0, 0.05) is 40.5 Å². The number of aliphatic hydroxyl groups is 8. The summed E-state index contributed by atoms with van der Waals surface area (Å²) < 4.78 is 46.2. The normalized spacial score (nSPS) is 46.0. The maximum absolute atomic E-state index is 13.8. The summed E-state index contributed by atoms with van der Waals surface area (Å²) in [4.78, 5) is 64.8. The van der Waals surface area contributed by atoms with E-state index in [9.17, 15) is 69.9 Å². The summed E-state index contributed by atoms with van der Waals surface area (Å²) >= 11 is 0. The Morgan fingerprint density at radius 1 is 0.610 bits per heavy atom. The van der Waals surface area contributed by atoms with Crippen LogP contribution in [-0.2, 0) is 61.9 Å². The summed E-state index contributed by atoms with van der Waals surface area (Å²) in [7, 11) is 1.16. The van der Waals surface area contributed by atoms with E-state index in [1.807, 2.05) is 0 Å². The molecule has 0 bridgehead atoms. The zero-order valence-electron chi connectivity index (χ0n) is 48.2. The largest absolute Gasteiger partial charge is 0.479 e. The highest BCUT2D eigenvalue weighted by molar-refractivity contribution is 5.82. The minimum atomic E-state index is -2.24. The Hall–Kier alpha value is -3.29. The number of hydrogen-bond acceptors (Lipinski definition) is 21. The average Bonchev–Trinajstić information content (AvgIpc) is 2.64. The van der Waals surface area contributed by atoms with Crippen LogP contribution in [0, 0.1) is 46.3 Å². The molecule has 468 valence electrons. The fourth-order valence-corrected chi connectivity index (χ4v) is 16.2. The zero-order chi connectivity index (χ0) is 59.7. The van der Waals surface area contributed by atoms with Crippen molar-refractivity contribution >= 4 is 29.6 Å². The van der Waals surface area contributed by atoms with Crippen LogP contribution >= 0.6 is 0 Å². The number of ether oxygens (including phenoxy) is 8. The molecular weight excluding hydrogens is 1080 g/mol. The maximum atomic E-state index is 13.8. The first kappa shape index (κ1) is 64.7. The molecule has 26 nitrogen and oxygen atoms in total. The molecule has 0 aromatic rings. The van der Waals surface area contributed by atoms with Gasteiger partial charge in [0.15, 0.2) is 31.1 Å². The molecule has 0 aromatic heterocycles. The van der Waals surface area contributed by atoms with Gasteiger partial charge >= 0.3 is 5.97 Å². The van der Waals surface area contributed by atoms with Crippen molar-refractivity contribution in [1.82, 2.24) is 21.3 Å². The van der Waals surface area contributed by atoms with Gasteiger partial charge in [0.1, 0.15) is 79.3 Å². The van der Waals surface area contributed by atoms with E-state index in [1.165, 1.54) is 78.1 Å². The molecule has 8 aliphatic rings. The first-order valence-electron chi connectivity index (χ1n) is 29.6. The molecule has 13 N–H and O–H groups in total. The van der Waals surface area contributed by atoms with Crippen molar-refractivity contribution in [3.8, 4) is 0 Å². The second-order valence-corrected chi connectivity index (χ2v) is 25.2. The van der Waals surface area contributed by atoms with E-state index < -0.39 is 159 Å². The zero-order valence-corrected chi connectivity index (χ0v) is 48.2. The van der Waals surface area contributed by atoms with E-state index in [2.05, 4.69) is 42.0 Å². The van der Waals surface area contributed by atoms with Gasteiger partial charge in [-0.2, -0.15) is 0 Å². The molecule has 14 unspecified atom stereocenters. The number of methoxy groups -OCH3 is 1. The number of carboxylic acids is 1. The second kappa shape index (κ2) is 27.2. The summed E-state index contributed by atoms with van der Waals surface area (Å²) in [6.07, 6.45) is -18.3. The van der Waals surface area contributed by atoms with E-state index in [-0.39, 0.29) is 24.4 Å². The Kier molecular flexibility index (Phi) is 21.4. The third kappa shape index (κ3) is 13.2. The summed E-state index contributed by atoms with van der Waals surface area (Å²) in [5.74, 6) is -0.0529. The van der Waals surface area contributed by atoms with Crippen LogP contribution in [0.1, 0.15) is 119 Å². The van der Waals surface area contributed by atoms with Crippen LogP contribution in [0.15, 0.2) is 0 Å². The minimum Gasteiger partial charge on any atom is -0.479 e. The summed E-state index contributed by atoms with van der Waals surface area (Å²) in [6, 6.07) is -2.88. The Balaban J connectivity index is 0.873. The van der Waals surface area contributed by atoms with Crippen molar-refractivity contribution in [2.45, 2.75) is 241 Å². The number of rotatable bonds is 20. The van der Waals surface area contributed by atoms with E-state index in [4.69, 9.17) is 37.9 Å². The molecule has 0 radical (unpaired) electrons. The second-order valence-electron chi connectivity index (χ2n) is 25.2. The fraction of sp³-hybridized carbons (Fsp3) is 0.911. The van der Waals surface area contributed by atoms with Gasteiger partial charge in [-0.3, -0.25) is 19.2 Å². The van der Waals surface area contributed by atoms with Gasteiger partial charge in [-0.25, -0.2) is 4.79 Å². The third-order valence-electron chi connectivity index (χ3n) is 20.4. The fourth-order valence-electron chi connectivity index (χ4n) is 16.2. The molecule has 28 atom stereocenters. The smallest absolute Gasteiger partial charge is 0.335 e. The van der Waals surface area contributed by atoms with Crippen molar-refractivity contribution in [2.24, 2.45) is 46.3 Å². The number of aliphatic hydroxyl groups excluding tert-OH is 8. The highest BCUT2D eigenvalue weighted by Crippen LogP contribution is 2.68. The number of nitrogens with one attached hydrogen (secondary N) is 4. The predicted octanol–water partition coefficient (Wildman–Crippen LogP) is -1.94. The Bertz CT molecular complexity index is 2200. The molecule has 4 heterocycles. The molecule has 4 saturated carbocycles. The molecule has 82 heavy (non-hydrogen) atoms. The number of amides is 4. The molecule has 4 amide bonds. The van der Waals surface area contributed by atoms with Crippen LogP contribution in [0.3, 0.4) is 0 Å². The van der Waals surface area contributed by atoms with Gasteiger partial charge in [-0.1, -0.05) is 33.6 Å². The SMILES string of the molecule is CO[C@@H]1C(C(=O)NCCNC(=O)CCC(C)C2CCC3C4CCC5CCCC[C@@]5(C)C4CC[C@@]23C)O[C@@H](O[C@@H]2C(NC(C)=O)[C@H](O[C@@H]3C(C(=O)O)O[C@@H](O[C@@H]4C(NC(C)=O)[C@H](C)OC(CO)[C@H]4O)C(O)[C@H]3O)OC(CO)[C@H]2O)C(O)[C@H]1O. The Morgan fingerprint density at radius 3 is 1.80 bits per heavy atom. The van der Waals surface area contributed by atoms with Crippen molar-refractivity contribution in [3.05, 3.63) is 0 Å². The van der Waals surface area contributed by atoms with Crippen molar-refractivity contribution in [3.63, 3.8) is 0 Å². The van der Waals surface area contributed by atoms with Gasteiger partial charge in [-0.15, -0.1) is 0 Å². The number of carboxylic acid groups (broad SMARTS) is 1. The lowest BCUT2D eigenvalue weighted by atomic mass is 9.44. The highest BCUT2D eigenvalue weighted by Gasteiger charge is 2.61. The summed E-state index contributed by atoms with van der Waals surface area (Å²) in [5, 5.41) is 109. The van der Waals surface area contributed by atoms with Crippen LogP contribution < -0.4 is 21.3 Å². The van der Waals surface area contributed by atoms with Crippen LogP contribution in [0.25, 0.3) is 0 Å². The van der Waals surface area contributed by atoms with Crippen molar-refractivity contribution in [2.75, 3.05) is 33.4 Å². The van der Waals surface area contributed by atoms with Gasteiger partial charge in [0.05, 0.1) is 25.4 Å². The van der Waals surface area contributed by atoms with Crippen LogP contribution in [-0.4, -0.2) is 231 Å². The first-order valence-corrected chi connectivity index (χ1v) is 29.6. The summed E-state index contributed by atoms with van der Waals surface area (Å²) in [6.45, 7) is 9.43. The van der Waals surface area contributed by atoms with Gasteiger partial charge in [-0.05, 0) is 111 Å². The lowest BCUT2D eigenvalue weighted by Crippen LogP contribution is -2.70. The molecule has 8 rings (SSSR count). The topological polar surface area (TPSA) is 389 Å². The number of hydrogen-bond donors (Lipinski definition) is 13. The number of carbonyl (C=O) groups is 5. The molecule has 0 aromatic carbocycles. The van der Waals surface area contributed by atoms with Crippen LogP contribution in [0.4, 0.5) is 0 Å². The first-order chi connectivity index (χ1) is 38.9. The standard InChI is InChI=1S/C56H92N4O22/c1-24(30-14-15-31-29-13-12-28-10-8-9-18-55(28,5)32(29)17-19-56(30,31)6)11-16-35(65)57-20-21-58-50(72)48-46(75-7)40(68)42(70)53(81-48)79-45-37(60-27(4)64)52(77-34(23-62)39(45)67)80-47-41(69)43(71)54(82-49(47)51(73)74)78-44-36(59-26(3)63)25(2)76-33(22-61)38(44)66/h24-25,28-34,36-49,52-54,61-62,66-71H,8-23H2,1-7H3,(H,57,65)(H,58,72)(H,59,63)(H,60,64)(H,73,74)/t24?,25-,28?,29?,30?,31?,32?,33?,34?,36?,37?,38+,39+,40+,41+,42?,43?,44+,45+,46-,47-,48?,49?,52-,53+,54+,55+,56-/m0/s1. The lowest BCUT2D eigenvalue weighted by Gasteiger charge is -2.61. The molecule has 8 fully saturated rings. The maximum Gasteiger partial charge on any atom is 0.335 e. The molecule has 4 aliphatic heterocycles. The molecule has 4 aliphatic carbocycles. The lowest BCUT2D eigenvalue weighted by molar-refractivity contribution is -0.366. The van der Waals surface area contributed by atoms with Gasteiger partial charge in [0.2, 0.25) is 17.7 Å². The van der Waals surface area contributed by atoms with Crippen LogP contribution in [0.2, 0.25) is 0 Å². The molecule has 26 heteroatoms. The Labute approximate surface area is 478 Å².